The molecule has 1 aromatic heterocycles. The first-order valence-corrected chi connectivity index (χ1v) is 13.1. The van der Waals surface area contributed by atoms with E-state index in [1.807, 2.05) is 30.5 Å². The number of likely N-dealkylation sites (tertiary alicyclic amines) is 1. The Morgan fingerprint density at radius 1 is 0.829 bits per heavy atom. The van der Waals surface area contributed by atoms with Crippen LogP contribution >= 0.6 is 0 Å². The summed E-state index contributed by atoms with van der Waals surface area (Å²) in [6, 6.07) is 21.4. The van der Waals surface area contributed by atoms with Gasteiger partial charge >= 0.3 is 0 Å². The van der Waals surface area contributed by atoms with E-state index in [1.165, 1.54) is 49.7 Å². The van der Waals surface area contributed by atoms with E-state index >= 15 is 0 Å². The van der Waals surface area contributed by atoms with Crippen LogP contribution in [0.1, 0.15) is 49.7 Å². The molecule has 35 heavy (non-hydrogen) atoms. The van der Waals surface area contributed by atoms with Crippen LogP contribution in [0.3, 0.4) is 0 Å². The van der Waals surface area contributed by atoms with Crippen molar-refractivity contribution in [2.75, 3.05) is 36.4 Å². The van der Waals surface area contributed by atoms with Crippen LogP contribution in [-0.2, 0) is 13.2 Å². The lowest BCUT2D eigenvalue weighted by atomic mass is 10.1. The summed E-state index contributed by atoms with van der Waals surface area (Å²) in [5, 5.41) is 3.53. The van der Waals surface area contributed by atoms with Gasteiger partial charge in [0.2, 0.25) is 5.95 Å². The third kappa shape index (κ3) is 6.73. The van der Waals surface area contributed by atoms with Gasteiger partial charge in [0, 0.05) is 38.4 Å². The van der Waals surface area contributed by atoms with Gasteiger partial charge in [-0.15, -0.1) is 0 Å². The maximum absolute atomic E-state index is 5.95. The van der Waals surface area contributed by atoms with Gasteiger partial charge in [-0.1, -0.05) is 55.3 Å². The third-order valence-electron chi connectivity index (χ3n) is 7.12. The Labute approximate surface area is 209 Å². The quantitative estimate of drug-likeness (QED) is 0.444. The number of aromatic nitrogens is 2. The fourth-order valence-electron chi connectivity index (χ4n) is 5.12. The zero-order chi connectivity index (χ0) is 23.7. The van der Waals surface area contributed by atoms with Crippen molar-refractivity contribution in [3.8, 4) is 5.75 Å². The molecule has 3 aromatic rings. The molecule has 2 aliphatic heterocycles. The highest BCUT2D eigenvalue weighted by Crippen LogP contribution is 2.23. The SMILES string of the molecule is c1ccc(COc2ccc(CN3CCCC3CNc3nccc(N4CCCCCC4)n3)cc2)cc1. The van der Waals surface area contributed by atoms with E-state index in [-0.39, 0.29) is 0 Å². The number of nitrogens with one attached hydrogen (secondary N) is 1. The fourth-order valence-corrected chi connectivity index (χ4v) is 5.12. The van der Waals surface area contributed by atoms with Crippen molar-refractivity contribution in [3.63, 3.8) is 0 Å². The molecule has 1 N–H and O–H groups in total. The van der Waals surface area contributed by atoms with Crippen LogP contribution in [0.15, 0.2) is 66.9 Å². The van der Waals surface area contributed by atoms with E-state index in [1.54, 1.807) is 0 Å². The van der Waals surface area contributed by atoms with E-state index in [0.29, 0.717) is 12.6 Å². The van der Waals surface area contributed by atoms with Crippen molar-refractivity contribution in [1.82, 2.24) is 14.9 Å². The van der Waals surface area contributed by atoms with Crippen LogP contribution in [0.4, 0.5) is 11.8 Å². The molecular weight excluding hydrogens is 434 g/mol. The maximum atomic E-state index is 5.95. The van der Waals surface area contributed by atoms with Gasteiger partial charge in [0.05, 0.1) is 0 Å². The van der Waals surface area contributed by atoms with Gasteiger partial charge in [0.1, 0.15) is 18.2 Å². The minimum atomic E-state index is 0.495. The molecule has 2 saturated heterocycles. The molecule has 5 rings (SSSR count). The van der Waals surface area contributed by atoms with Crippen LogP contribution < -0.4 is 15.0 Å². The maximum Gasteiger partial charge on any atom is 0.224 e. The minimum absolute atomic E-state index is 0.495. The van der Waals surface area contributed by atoms with E-state index in [0.717, 1.165) is 50.2 Å². The largest absolute Gasteiger partial charge is 0.489 e. The molecule has 0 saturated carbocycles. The summed E-state index contributed by atoms with van der Waals surface area (Å²) in [6.07, 6.45) is 9.49. The monoisotopic (exact) mass is 471 g/mol. The van der Waals surface area contributed by atoms with Gasteiger partial charge in [-0.05, 0) is 61.6 Å². The number of hydrogen-bond acceptors (Lipinski definition) is 6. The standard InChI is InChI=1S/C29H37N5O/c1-2-7-19-33(18-6-1)28-16-17-30-29(32-28)31-21-26-11-8-20-34(26)22-24-12-14-27(15-13-24)35-23-25-9-4-3-5-10-25/h3-5,9-10,12-17,26H,1-2,6-8,11,18-23H2,(H,30,31,32). The number of nitrogens with zero attached hydrogens (tertiary/aromatic N) is 4. The summed E-state index contributed by atoms with van der Waals surface area (Å²) in [7, 11) is 0. The molecule has 2 aliphatic rings. The molecule has 3 heterocycles. The predicted octanol–water partition coefficient (Wildman–Crippen LogP) is 5.51. The molecule has 1 atom stereocenters. The Kier molecular flexibility index (Phi) is 8.11. The van der Waals surface area contributed by atoms with Crippen molar-refractivity contribution in [1.29, 1.82) is 0 Å². The molecule has 0 spiro atoms. The summed E-state index contributed by atoms with van der Waals surface area (Å²) in [4.78, 5) is 14.3. The summed E-state index contributed by atoms with van der Waals surface area (Å²) >= 11 is 0. The predicted molar refractivity (Wildman–Crippen MR) is 142 cm³/mol. The Bertz CT molecular complexity index is 1030. The van der Waals surface area contributed by atoms with Crippen molar-refractivity contribution < 1.29 is 4.74 Å². The second-order valence-corrected chi connectivity index (χ2v) is 9.71. The first kappa shape index (κ1) is 23.6. The molecule has 6 heteroatoms. The van der Waals surface area contributed by atoms with Crippen LogP contribution in [0.5, 0.6) is 5.75 Å². The van der Waals surface area contributed by atoms with Crippen LogP contribution in [-0.4, -0.2) is 47.1 Å². The average molecular weight is 472 g/mol. The summed E-state index contributed by atoms with van der Waals surface area (Å²) in [5.74, 6) is 2.72. The average Bonchev–Trinajstić information content (AvgIpc) is 3.16. The number of anilines is 2. The Morgan fingerprint density at radius 3 is 2.43 bits per heavy atom. The number of rotatable bonds is 9. The molecule has 184 valence electrons. The summed E-state index contributed by atoms with van der Waals surface area (Å²) in [6.45, 7) is 5.77. The third-order valence-corrected chi connectivity index (χ3v) is 7.12. The van der Waals surface area contributed by atoms with Crippen molar-refractivity contribution in [2.45, 2.75) is 57.7 Å². The molecule has 2 fully saturated rings. The van der Waals surface area contributed by atoms with Crippen LogP contribution in [0.25, 0.3) is 0 Å². The van der Waals surface area contributed by atoms with Crippen LogP contribution in [0, 0.1) is 0 Å². The number of benzene rings is 2. The Morgan fingerprint density at radius 2 is 1.63 bits per heavy atom. The van der Waals surface area contributed by atoms with Crippen molar-refractivity contribution >= 4 is 11.8 Å². The Hall–Kier alpha value is -3.12. The van der Waals surface area contributed by atoms with Crippen molar-refractivity contribution in [3.05, 3.63) is 78.0 Å². The van der Waals surface area contributed by atoms with Gasteiger partial charge in [0.25, 0.3) is 0 Å². The smallest absolute Gasteiger partial charge is 0.224 e. The molecule has 0 radical (unpaired) electrons. The number of hydrogen-bond donors (Lipinski definition) is 1. The van der Waals surface area contributed by atoms with Gasteiger partial charge in [-0.25, -0.2) is 4.98 Å². The zero-order valence-corrected chi connectivity index (χ0v) is 20.6. The lowest BCUT2D eigenvalue weighted by Crippen LogP contribution is -2.34. The second-order valence-electron chi connectivity index (χ2n) is 9.71. The van der Waals surface area contributed by atoms with E-state index in [2.05, 4.69) is 56.5 Å². The molecule has 2 aromatic carbocycles. The lowest BCUT2D eigenvalue weighted by molar-refractivity contribution is 0.253. The van der Waals surface area contributed by atoms with Crippen molar-refractivity contribution in [2.24, 2.45) is 0 Å². The highest BCUT2D eigenvalue weighted by Gasteiger charge is 2.24. The van der Waals surface area contributed by atoms with Gasteiger partial charge in [0.15, 0.2) is 0 Å². The first-order chi connectivity index (χ1) is 17.3. The Balaban J connectivity index is 1.12. The topological polar surface area (TPSA) is 53.5 Å². The van der Waals surface area contributed by atoms with Gasteiger partial charge < -0.3 is 15.0 Å². The van der Waals surface area contributed by atoms with E-state index in [4.69, 9.17) is 9.72 Å². The van der Waals surface area contributed by atoms with E-state index in [9.17, 15) is 0 Å². The molecule has 1 unspecified atom stereocenters. The second kappa shape index (κ2) is 12.0. The summed E-state index contributed by atoms with van der Waals surface area (Å²) < 4.78 is 5.95. The van der Waals surface area contributed by atoms with Gasteiger partial charge in [-0.3, -0.25) is 4.90 Å². The van der Waals surface area contributed by atoms with Crippen LogP contribution in [0.2, 0.25) is 0 Å². The fraction of sp³-hybridized carbons (Fsp3) is 0.448. The molecule has 6 nitrogen and oxygen atoms in total. The molecule has 0 amide bonds. The highest BCUT2D eigenvalue weighted by atomic mass is 16.5. The zero-order valence-electron chi connectivity index (χ0n) is 20.6. The minimum Gasteiger partial charge on any atom is -0.489 e. The first-order valence-electron chi connectivity index (χ1n) is 13.1. The normalized spacial score (nSPS) is 18.9. The number of ether oxygens (including phenoxy) is 1. The van der Waals surface area contributed by atoms with E-state index < -0.39 is 0 Å². The molecular formula is C29H37N5O. The summed E-state index contributed by atoms with van der Waals surface area (Å²) in [5.41, 5.74) is 2.51. The lowest BCUT2D eigenvalue weighted by Gasteiger charge is -2.25. The highest BCUT2D eigenvalue weighted by molar-refractivity contribution is 5.42. The molecule has 0 bridgehead atoms. The molecule has 0 aliphatic carbocycles. The van der Waals surface area contributed by atoms with Gasteiger partial charge in [-0.2, -0.15) is 4.98 Å².